The smallest absolute Gasteiger partial charge is 0.0477 e. The summed E-state index contributed by atoms with van der Waals surface area (Å²) in [6, 6.07) is 0. The summed E-state index contributed by atoms with van der Waals surface area (Å²) in [5, 5.41) is 10.9. The van der Waals surface area contributed by atoms with E-state index in [2.05, 4.69) is 34.6 Å². The summed E-state index contributed by atoms with van der Waals surface area (Å²) in [5.74, 6) is 0. The molecule has 0 spiro atoms. The van der Waals surface area contributed by atoms with Crippen molar-refractivity contribution in [3.05, 3.63) is 0 Å². The number of hydrogen-bond acceptors (Lipinski definition) is 2. The van der Waals surface area contributed by atoms with Gasteiger partial charge in [0.15, 0.2) is 0 Å². The molecule has 0 heterocycles. The summed E-state index contributed by atoms with van der Waals surface area (Å²) in [6.07, 6.45) is 2.11. The molecule has 0 aromatic heterocycles. The van der Waals surface area contributed by atoms with Crippen LogP contribution in [0.3, 0.4) is 0 Å². The third-order valence-electron chi connectivity index (χ3n) is 3.07. The summed E-state index contributed by atoms with van der Waals surface area (Å²) in [7, 11) is 1.74. The minimum Gasteiger partial charge on any atom is -0.314 e. The van der Waals surface area contributed by atoms with E-state index < -0.39 is 0 Å². The molecule has 0 saturated carbocycles. The van der Waals surface area contributed by atoms with Gasteiger partial charge in [0.25, 0.3) is 0 Å². The second-order valence-corrected chi connectivity index (χ2v) is 4.80. The predicted octanol–water partition coefficient (Wildman–Crippen LogP) is 2.91. The number of nitrogens with zero attached hydrogens (tertiary/aromatic N) is 1. The molecule has 0 bridgehead atoms. The van der Waals surface area contributed by atoms with Crippen LogP contribution in [0, 0.1) is 5.41 Å². The Bertz CT molecular complexity index is 137. The average molecular weight is 173 g/mol. The predicted molar refractivity (Wildman–Crippen MR) is 52.3 cm³/mol. The molecule has 2 nitrogen and oxygen atoms in total. The average Bonchev–Trinajstić information content (AvgIpc) is 1.85. The molecule has 0 radical (unpaired) electrons. The molecule has 0 aromatic carbocycles. The lowest BCUT2D eigenvalue weighted by Gasteiger charge is -2.45. The van der Waals surface area contributed by atoms with E-state index >= 15 is 0 Å². The van der Waals surface area contributed by atoms with Crippen molar-refractivity contribution in [3.8, 4) is 0 Å². The maximum absolute atomic E-state index is 9.57. The molecule has 0 saturated heterocycles. The quantitative estimate of drug-likeness (QED) is 0.663. The van der Waals surface area contributed by atoms with Crippen LogP contribution in [0.1, 0.15) is 47.5 Å². The van der Waals surface area contributed by atoms with Gasteiger partial charge in [0.05, 0.1) is 0 Å². The maximum Gasteiger partial charge on any atom is 0.0477 e. The number of hydroxylamine groups is 2. The molecule has 74 valence electrons. The first-order valence-corrected chi connectivity index (χ1v) is 4.68. The molecular formula is C10H23NO. The van der Waals surface area contributed by atoms with Crippen LogP contribution < -0.4 is 0 Å². The van der Waals surface area contributed by atoms with Crippen molar-refractivity contribution in [2.24, 2.45) is 5.41 Å². The SMILES string of the molecule is CCCC(C)(N(C)O)C(C)(C)C. The maximum atomic E-state index is 9.57. The highest BCUT2D eigenvalue weighted by Gasteiger charge is 2.39. The van der Waals surface area contributed by atoms with Gasteiger partial charge in [-0.25, -0.2) is 0 Å². The van der Waals surface area contributed by atoms with Gasteiger partial charge < -0.3 is 5.21 Å². The van der Waals surface area contributed by atoms with Crippen molar-refractivity contribution in [2.75, 3.05) is 7.05 Å². The van der Waals surface area contributed by atoms with Crippen molar-refractivity contribution in [3.63, 3.8) is 0 Å². The van der Waals surface area contributed by atoms with E-state index in [1.807, 2.05) is 0 Å². The Hall–Kier alpha value is -0.0800. The van der Waals surface area contributed by atoms with Crippen LogP contribution in [0.4, 0.5) is 0 Å². The molecule has 1 atom stereocenters. The van der Waals surface area contributed by atoms with Crippen molar-refractivity contribution in [1.29, 1.82) is 0 Å². The zero-order valence-corrected chi connectivity index (χ0v) is 9.31. The van der Waals surface area contributed by atoms with E-state index in [-0.39, 0.29) is 11.0 Å². The second-order valence-electron chi connectivity index (χ2n) is 4.80. The van der Waals surface area contributed by atoms with E-state index in [1.165, 1.54) is 5.06 Å². The lowest BCUT2D eigenvalue weighted by molar-refractivity contribution is -0.185. The lowest BCUT2D eigenvalue weighted by Crippen LogP contribution is -2.51. The van der Waals surface area contributed by atoms with Crippen LogP contribution in [-0.2, 0) is 0 Å². The molecule has 2 heteroatoms. The van der Waals surface area contributed by atoms with Gasteiger partial charge in [0.1, 0.15) is 0 Å². The molecule has 0 aliphatic rings. The van der Waals surface area contributed by atoms with Crippen LogP contribution in [0.25, 0.3) is 0 Å². The van der Waals surface area contributed by atoms with Gasteiger partial charge in [0, 0.05) is 12.6 Å². The van der Waals surface area contributed by atoms with Gasteiger partial charge in [-0.2, -0.15) is 5.06 Å². The van der Waals surface area contributed by atoms with Gasteiger partial charge in [-0.15, -0.1) is 0 Å². The Kier molecular flexibility index (Phi) is 3.73. The highest BCUT2D eigenvalue weighted by atomic mass is 16.5. The summed E-state index contributed by atoms with van der Waals surface area (Å²) >= 11 is 0. The summed E-state index contributed by atoms with van der Waals surface area (Å²) < 4.78 is 0. The fraction of sp³-hybridized carbons (Fsp3) is 1.00. The summed E-state index contributed by atoms with van der Waals surface area (Å²) in [4.78, 5) is 0. The Labute approximate surface area is 76.5 Å². The molecule has 0 aliphatic carbocycles. The van der Waals surface area contributed by atoms with Crippen molar-refractivity contribution < 1.29 is 5.21 Å². The zero-order valence-electron chi connectivity index (χ0n) is 9.31. The van der Waals surface area contributed by atoms with Gasteiger partial charge >= 0.3 is 0 Å². The molecule has 0 fully saturated rings. The van der Waals surface area contributed by atoms with Crippen LogP contribution in [0.5, 0.6) is 0 Å². The standard InChI is InChI=1S/C10H23NO/c1-7-8-10(5,11(6)12)9(2,3)4/h12H,7-8H2,1-6H3. The van der Waals surface area contributed by atoms with Gasteiger partial charge in [-0.3, -0.25) is 0 Å². The van der Waals surface area contributed by atoms with Gasteiger partial charge in [0.2, 0.25) is 0 Å². The van der Waals surface area contributed by atoms with E-state index in [0.717, 1.165) is 12.8 Å². The van der Waals surface area contributed by atoms with Crippen molar-refractivity contribution in [1.82, 2.24) is 5.06 Å². The Morgan fingerprint density at radius 1 is 1.17 bits per heavy atom. The van der Waals surface area contributed by atoms with E-state index in [9.17, 15) is 5.21 Å². The summed E-state index contributed by atoms with van der Waals surface area (Å²) in [5.41, 5.74) is -0.0196. The van der Waals surface area contributed by atoms with Crippen molar-refractivity contribution >= 4 is 0 Å². The van der Waals surface area contributed by atoms with Crippen LogP contribution in [0.15, 0.2) is 0 Å². The molecule has 1 N–H and O–H groups in total. The first-order chi connectivity index (χ1) is 5.25. The van der Waals surface area contributed by atoms with E-state index in [0.29, 0.717) is 0 Å². The third kappa shape index (κ3) is 2.20. The highest BCUT2D eigenvalue weighted by Crippen LogP contribution is 2.37. The van der Waals surface area contributed by atoms with Crippen LogP contribution in [-0.4, -0.2) is 22.9 Å². The fourth-order valence-corrected chi connectivity index (χ4v) is 1.51. The minimum absolute atomic E-state index is 0.104. The molecular weight excluding hydrogens is 150 g/mol. The highest BCUT2D eigenvalue weighted by molar-refractivity contribution is 4.91. The first kappa shape index (κ1) is 11.9. The molecule has 1 unspecified atom stereocenters. The second kappa shape index (κ2) is 3.75. The minimum atomic E-state index is -0.123. The number of rotatable bonds is 3. The fourth-order valence-electron chi connectivity index (χ4n) is 1.51. The molecule has 0 amide bonds. The largest absolute Gasteiger partial charge is 0.314 e. The summed E-state index contributed by atoms with van der Waals surface area (Å²) in [6.45, 7) is 10.7. The first-order valence-electron chi connectivity index (χ1n) is 4.68. The molecule has 0 aliphatic heterocycles. The molecule has 0 rings (SSSR count). The van der Waals surface area contributed by atoms with Crippen molar-refractivity contribution in [2.45, 2.75) is 53.0 Å². The van der Waals surface area contributed by atoms with Gasteiger partial charge in [-0.1, -0.05) is 34.1 Å². The number of hydrogen-bond donors (Lipinski definition) is 1. The zero-order chi connectivity index (χ0) is 9.99. The monoisotopic (exact) mass is 173 g/mol. The Balaban J connectivity index is 4.62. The lowest BCUT2D eigenvalue weighted by atomic mass is 9.72. The molecule has 0 aromatic rings. The van der Waals surface area contributed by atoms with Crippen LogP contribution >= 0.6 is 0 Å². The Morgan fingerprint density at radius 3 is 1.67 bits per heavy atom. The normalized spacial score (nSPS) is 18.0. The molecule has 12 heavy (non-hydrogen) atoms. The van der Waals surface area contributed by atoms with E-state index in [1.54, 1.807) is 7.05 Å². The Morgan fingerprint density at radius 2 is 1.58 bits per heavy atom. The van der Waals surface area contributed by atoms with E-state index in [4.69, 9.17) is 0 Å². The third-order valence-corrected chi connectivity index (χ3v) is 3.07. The van der Waals surface area contributed by atoms with Gasteiger partial charge in [-0.05, 0) is 18.8 Å². The topological polar surface area (TPSA) is 23.5 Å². The van der Waals surface area contributed by atoms with Crippen LogP contribution in [0.2, 0.25) is 0 Å².